The molecule has 0 unspecified atom stereocenters. The van der Waals surface area contributed by atoms with Crippen LogP contribution in [0.1, 0.15) is 0 Å². The molecule has 1 nitrogen and oxygen atoms in total. The molecule has 0 rings (SSSR count). The second-order valence-corrected chi connectivity index (χ2v) is 16.8. The van der Waals surface area contributed by atoms with Gasteiger partial charge in [0, 0.05) is 0 Å². The maximum atomic E-state index is 5.81. The van der Waals surface area contributed by atoms with Crippen LogP contribution in [-0.2, 0) is 0 Å². The monoisotopic (exact) mass is 275 g/mol. The first-order valence-electron chi connectivity index (χ1n) is 3.06. The van der Waals surface area contributed by atoms with Crippen LogP contribution in [0.15, 0.2) is 25.3 Å². The van der Waals surface area contributed by atoms with Crippen molar-refractivity contribution in [3.05, 3.63) is 25.3 Å². The Balaban J connectivity index is 4.08. The van der Waals surface area contributed by atoms with Gasteiger partial charge in [0.1, 0.15) is 0 Å². The molecule has 5 heteroatoms. The topological polar surface area (TPSA) is 3.24 Å². The molecule has 0 saturated heterocycles. The van der Waals surface area contributed by atoms with Gasteiger partial charge in [-0.3, -0.25) is 0 Å². The van der Waals surface area contributed by atoms with Gasteiger partial charge < -0.3 is 0 Å². The first kappa shape index (κ1) is 11.9. The van der Waals surface area contributed by atoms with Crippen LogP contribution >= 0.6 is 30.0 Å². The van der Waals surface area contributed by atoms with E-state index in [1.807, 2.05) is 0 Å². The van der Waals surface area contributed by atoms with Gasteiger partial charge in [0.25, 0.3) is 0 Å². The van der Waals surface area contributed by atoms with Gasteiger partial charge in [-0.2, -0.15) is 0 Å². The van der Waals surface area contributed by atoms with E-state index < -0.39 is 10.7 Å². The van der Waals surface area contributed by atoms with E-state index in [0.29, 0.717) is 13.1 Å². The molecule has 0 aliphatic carbocycles. The maximum absolute atomic E-state index is 5.81. The minimum absolute atomic E-state index is 0.614. The molecular formula is C6H10Cl3GeN. The van der Waals surface area contributed by atoms with E-state index in [-0.39, 0.29) is 0 Å². The Labute approximate surface area is 82.7 Å². The molecule has 0 aromatic rings. The summed E-state index contributed by atoms with van der Waals surface area (Å²) >= 11 is 0. The molecule has 0 atom stereocenters. The third-order valence-corrected chi connectivity index (χ3v) is 7.05. The summed E-state index contributed by atoms with van der Waals surface area (Å²) in [7, 11) is 14.2. The van der Waals surface area contributed by atoms with Crippen molar-refractivity contribution >= 4 is 40.7 Å². The van der Waals surface area contributed by atoms with Crippen LogP contribution in [0.25, 0.3) is 0 Å². The summed E-state index contributed by atoms with van der Waals surface area (Å²) in [6.07, 6.45) is 3.44. The normalized spacial score (nSPS) is 11.6. The van der Waals surface area contributed by atoms with E-state index in [9.17, 15) is 0 Å². The van der Waals surface area contributed by atoms with Gasteiger partial charge in [-0.1, -0.05) is 0 Å². The molecule has 0 aliphatic heterocycles. The fraction of sp³-hybridized carbons (Fsp3) is 0.333. The second kappa shape index (κ2) is 5.49. The van der Waals surface area contributed by atoms with Crippen LogP contribution in [0.4, 0.5) is 0 Å². The first-order valence-corrected chi connectivity index (χ1v) is 12.3. The summed E-state index contributed by atoms with van der Waals surface area (Å²) in [6, 6.07) is 0. The summed E-state index contributed by atoms with van der Waals surface area (Å²) < 4.78 is 1.80. The number of hydrogen-bond donors (Lipinski definition) is 0. The first-order chi connectivity index (χ1) is 5.02. The molecule has 0 N–H and O–H groups in total. The van der Waals surface area contributed by atoms with Crippen molar-refractivity contribution in [2.45, 2.75) is 0 Å². The Kier molecular flexibility index (Phi) is 5.92. The van der Waals surface area contributed by atoms with Crippen LogP contribution in [0.3, 0.4) is 0 Å². The number of nitrogens with zero attached hydrogens (tertiary/aromatic N) is 1. The van der Waals surface area contributed by atoms with E-state index in [0.717, 1.165) is 0 Å². The van der Waals surface area contributed by atoms with E-state index in [1.54, 1.807) is 16.0 Å². The van der Waals surface area contributed by atoms with Crippen molar-refractivity contribution in [1.29, 1.82) is 0 Å². The molecule has 0 amide bonds. The molecule has 11 heavy (non-hydrogen) atoms. The molecule has 0 fully saturated rings. The Morgan fingerprint density at radius 3 is 1.64 bits per heavy atom. The van der Waals surface area contributed by atoms with Crippen molar-refractivity contribution in [3.63, 3.8) is 0 Å². The summed E-state index contributed by atoms with van der Waals surface area (Å²) in [5, 5.41) is 0. The third kappa shape index (κ3) is 5.15. The molecule has 0 spiro atoms. The Hall–Kier alpha value is 0.853. The zero-order chi connectivity index (χ0) is 8.91. The fourth-order valence-corrected chi connectivity index (χ4v) is 4.16. The van der Waals surface area contributed by atoms with Crippen LogP contribution in [-0.4, -0.2) is 27.6 Å². The van der Waals surface area contributed by atoms with Crippen LogP contribution in [0.5, 0.6) is 0 Å². The van der Waals surface area contributed by atoms with Gasteiger partial charge in [-0.15, -0.1) is 0 Å². The van der Waals surface area contributed by atoms with Crippen molar-refractivity contribution in [1.82, 2.24) is 3.86 Å². The van der Waals surface area contributed by atoms with Gasteiger partial charge in [0.05, 0.1) is 0 Å². The number of halogens is 3. The van der Waals surface area contributed by atoms with E-state index in [4.69, 9.17) is 30.0 Å². The Bertz CT molecular complexity index is 133. The SMILES string of the molecule is C=CC[N](CC=C)[Ge]([Cl])([Cl])[Cl]. The van der Waals surface area contributed by atoms with Crippen LogP contribution in [0.2, 0.25) is 0 Å². The van der Waals surface area contributed by atoms with E-state index in [1.165, 1.54) is 0 Å². The van der Waals surface area contributed by atoms with Gasteiger partial charge in [-0.05, 0) is 0 Å². The Morgan fingerprint density at radius 2 is 1.45 bits per heavy atom. The van der Waals surface area contributed by atoms with Gasteiger partial charge in [0.15, 0.2) is 0 Å². The van der Waals surface area contributed by atoms with Crippen molar-refractivity contribution in [2.75, 3.05) is 13.1 Å². The van der Waals surface area contributed by atoms with Gasteiger partial charge in [0.2, 0.25) is 0 Å². The molecule has 64 valence electrons. The number of hydrogen-bond acceptors (Lipinski definition) is 1. The number of rotatable bonds is 5. The molecule has 0 aromatic heterocycles. The van der Waals surface area contributed by atoms with E-state index in [2.05, 4.69) is 13.2 Å². The molecular weight excluding hydrogens is 265 g/mol. The van der Waals surface area contributed by atoms with Crippen molar-refractivity contribution in [3.8, 4) is 0 Å². The summed E-state index contributed by atoms with van der Waals surface area (Å²) in [4.78, 5) is 0. The van der Waals surface area contributed by atoms with Gasteiger partial charge in [-0.25, -0.2) is 0 Å². The summed E-state index contributed by atoms with van der Waals surface area (Å²) in [6.45, 7) is 8.38. The predicted octanol–water partition coefficient (Wildman–Crippen LogP) is 2.81. The summed E-state index contributed by atoms with van der Waals surface area (Å²) in [5.41, 5.74) is 0. The molecule has 0 aliphatic rings. The quantitative estimate of drug-likeness (QED) is 0.551. The third-order valence-electron chi connectivity index (χ3n) is 1.06. The van der Waals surface area contributed by atoms with E-state index >= 15 is 0 Å². The van der Waals surface area contributed by atoms with Crippen LogP contribution < -0.4 is 0 Å². The second-order valence-electron chi connectivity index (χ2n) is 1.95. The molecule has 0 aromatic carbocycles. The average Bonchev–Trinajstić information content (AvgIpc) is 1.85. The molecule has 0 saturated carbocycles. The van der Waals surface area contributed by atoms with Crippen molar-refractivity contribution in [2.24, 2.45) is 0 Å². The average molecular weight is 275 g/mol. The van der Waals surface area contributed by atoms with Crippen molar-refractivity contribution < 1.29 is 0 Å². The Morgan fingerprint density at radius 1 is 1.09 bits per heavy atom. The molecule has 0 radical (unpaired) electrons. The standard InChI is InChI=1S/C6H10Cl3GeN/c1-3-5-11(6-4-2)10(7,8)9/h3-4H,1-2,5-6H2. The zero-order valence-corrected chi connectivity index (χ0v) is 10.4. The zero-order valence-electron chi connectivity index (χ0n) is 6.06. The fourth-order valence-electron chi connectivity index (χ4n) is 0.593. The minimum atomic E-state index is -3.19. The predicted molar refractivity (Wildman–Crippen MR) is 55.3 cm³/mol. The molecule has 0 heterocycles. The molecule has 0 bridgehead atoms. The van der Waals surface area contributed by atoms with Gasteiger partial charge >= 0.3 is 83.0 Å². The summed E-state index contributed by atoms with van der Waals surface area (Å²) in [5.74, 6) is 0. The van der Waals surface area contributed by atoms with Crippen LogP contribution in [0, 0.1) is 0 Å².